The number of carbonyl (C=O) groups is 1. The third-order valence-corrected chi connectivity index (χ3v) is 3.00. The predicted molar refractivity (Wildman–Crippen MR) is 81.6 cm³/mol. The van der Waals surface area contributed by atoms with Crippen molar-refractivity contribution < 1.29 is 14.5 Å². The Kier molecular flexibility index (Phi) is 4.54. The maximum Gasteiger partial charge on any atom is 0.275 e. The smallest absolute Gasteiger partial charge is 0.275 e. The van der Waals surface area contributed by atoms with Crippen LogP contribution in [0.3, 0.4) is 0 Å². The SMILES string of the molecule is CC(=O)Nc1cc(Oc2ccc(Br)cc2)cc([N+](=O)[O-])c1. The number of amides is 1. The Morgan fingerprint density at radius 2 is 1.86 bits per heavy atom. The van der Waals surface area contributed by atoms with E-state index in [0.29, 0.717) is 11.4 Å². The molecule has 2 aromatic rings. The van der Waals surface area contributed by atoms with E-state index in [1.807, 2.05) is 0 Å². The zero-order valence-corrected chi connectivity index (χ0v) is 12.6. The van der Waals surface area contributed by atoms with Gasteiger partial charge in [-0.3, -0.25) is 14.9 Å². The minimum atomic E-state index is -0.542. The summed E-state index contributed by atoms with van der Waals surface area (Å²) < 4.78 is 6.47. The van der Waals surface area contributed by atoms with Crippen LogP contribution in [0.15, 0.2) is 46.9 Å². The largest absolute Gasteiger partial charge is 0.457 e. The third-order valence-electron chi connectivity index (χ3n) is 2.47. The lowest BCUT2D eigenvalue weighted by atomic mass is 10.2. The second-order valence-electron chi connectivity index (χ2n) is 4.21. The number of rotatable bonds is 4. The van der Waals surface area contributed by atoms with E-state index in [1.165, 1.54) is 25.1 Å². The van der Waals surface area contributed by atoms with E-state index in [-0.39, 0.29) is 17.3 Å². The maximum absolute atomic E-state index is 11.1. The van der Waals surface area contributed by atoms with Gasteiger partial charge in [-0.1, -0.05) is 15.9 Å². The van der Waals surface area contributed by atoms with Crippen LogP contribution in [-0.4, -0.2) is 10.8 Å². The van der Waals surface area contributed by atoms with Gasteiger partial charge in [-0.15, -0.1) is 0 Å². The molecule has 1 amide bonds. The van der Waals surface area contributed by atoms with Gasteiger partial charge in [0, 0.05) is 23.5 Å². The number of nitrogens with one attached hydrogen (secondary N) is 1. The summed E-state index contributed by atoms with van der Waals surface area (Å²) in [6.07, 6.45) is 0. The van der Waals surface area contributed by atoms with Crippen LogP contribution in [0.1, 0.15) is 6.92 Å². The Balaban J connectivity index is 2.32. The lowest BCUT2D eigenvalue weighted by Gasteiger charge is -2.08. The Bertz CT molecular complexity index is 686. The van der Waals surface area contributed by atoms with Gasteiger partial charge in [-0.05, 0) is 24.3 Å². The van der Waals surface area contributed by atoms with Crippen molar-refractivity contribution in [2.45, 2.75) is 6.92 Å². The molecule has 0 unspecified atom stereocenters. The van der Waals surface area contributed by atoms with E-state index in [4.69, 9.17) is 4.74 Å². The van der Waals surface area contributed by atoms with Crippen LogP contribution in [0, 0.1) is 10.1 Å². The monoisotopic (exact) mass is 350 g/mol. The van der Waals surface area contributed by atoms with Crippen LogP contribution in [0.5, 0.6) is 11.5 Å². The molecule has 7 heteroatoms. The summed E-state index contributed by atoms with van der Waals surface area (Å²) in [7, 11) is 0. The second kappa shape index (κ2) is 6.36. The fraction of sp³-hybridized carbons (Fsp3) is 0.0714. The molecule has 0 atom stereocenters. The van der Waals surface area contributed by atoms with E-state index in [0.717, 1.165) is 4.47 Å². The fourth-order valence-corrected chi connectivity index (χ4v) is 1.93. The van der Waals surface area contributed by atoms with Gasteiger partial charge in [0.25, 0.3) is 5.69 Å². The van der Waals surface area contributed by atoms with Crippen molar-refractivity contribution in [3.63, 3.8) is 0 Å². The highest BCUT2D eigenvalue weighted by Crippen LogP contribution is 2.30. The average Bonchev–Trinajstić information content (AvgIpc) is 2.40. The van der Waals surface area contributed by atoms with Gasteiger partial charge in [0.15, 0.2) is 0 Å². The number of benzene rings is 2. The Morgan fingerprint density at radius 3 is 2.43 bits per heavy atom. The summed E-state index contributed by atoms with van der Waals surface area (Å²) in [5.41, 5.74) is 0.150. The lowest BCUT2D eigenvalue weighted by Crippen LogP contribution is -2.06. The van der Waals surface area contributed by atoms with E-state index >= 15 is 0 Å². The van der Waals surface area contributed by atoms with Gasteiger partial charge in [-0.2, -0.15) is 0 Å². The van der Waals surface area contributed by atoms with E-state index < -0.39 is 4.92 Å². The number of hydrogen-bond donors (Lipinski definition) is 1. The first-order chi connectivity index (χ1) is 9.94. The lowest BCUT2D eigenvalue weighted by molar-refractivity contribution is -0.384. The molecule has 21 heavy (non-hydrogen) atoms. The molecule has 108 valence electrons. The van der Waals surface area contributed by atoms with E-state index in [9.17, 15) is 14.9 Å². The first-order valence-electron chi connectivity index (χ1n) is 5.94. The molecule has 0 spiro atoms. The van der Waals surface area contributed by atoms with Crippen molar-refractivity contribution in [3.8, 4) is 11.5 Å². The molecule has 0 radical (unpaired) electrons. The highest BCUT2D eigenvalue weighted by molar-refractivity contribution is 9.10. The quantitative estimate of drug-likeness (QED) is 0.664. The van der Waals surface area contributed by atoms with Gasteiger partial charge in [0.2, 0.25) is 5.91 Å². The van der Waals surface area contributed by atoms with E-state index in [1.54, 1.807) is 24.3 Å². The van der Waals surface area contributed by atoms with Crippen molar-refractivity contribution in [3.05, 3.63) is 57.1 Å². The molecule has 2 rings (SSSR count). The highest BCUT2D eigenvalue weighted by atomic mass is 79.9. The zero-order chi connectivity index (χ0) is 15.4. The summed E-state index contributed by atoms with van der Waals surface area (Å²) in [5, 5.41) is 13.4. The molecular weight excluding hydrogens is 340 g/mol. The van der Waals surface area contributed by atoms with Gasteiger partial charge in [-0.25, -0.2) is 0 Å². The Morgan fingerprint density at radius 1 is 1.19 bits per heavy atom. The molecular formula is C14H11BrN2O4. The number of nitrogens with zero attached hydrogens (tertiary/aromatic N) is 1. The standard InChI is InChI=1S/C14H11BrN2O4/c1-9(18)16-11-6-12(17(19)20)8-14(7-11)21-13-4-2-10(15)3-5-13/h2-8H,1H3,(H,16,18). The number of hydrogen-bond acceptors (Lipinski definition) is 4. The molecule has 0 aromatic heterocycles. The molecule has 0 fully saturated rings. The minimum absolute atomic E-state index is 0.159. The van der Waals surface area contributed by atoms with Gasteiger partial charge in [0.1, 0.15) is 11.5 Å². The maximum atomic E-state index is 11.1. The van der Waals surface area contributed by atoms with Crippen molar-refractivity contribution >= 4 is 33.2 Å². The first-order valence-corrected chi connectivity index (χ1v) is 6.74. The van der Waals surface area contributed by atoms with Crippen LogP contribution >= 0.6 is 15.9 Å². The highest BCUT2D eigenvalue weighted by Gasteiger charge is 2.12. The zero-order valence-electron chi connectivity index (χ0n) is 11.0. The van der Waals surface area contributed by atoms with Gasteiger partial charge in [0.05, 0.1) is 16.7 Å². The molecule has 1 N–H and O–H groups in total. The number of nitro groups is 1. The average molecular weight is 351 g/mol. The molecule has 0 saturated heterocycles. The van der Waals surface area contributed by atoms with Gasteiger partial charge >= 0.3 is 0 Å². The van der Waals surface area contributed by atoms with Crippen LogP contribution in [0.25, 0.3) is 0 Å². The molecule has 0 aliphatic carbocycles. The summed E-state index contributed by atoms with van der Waals surface area (Å²) >= 11 is 3.31. The van der Waals surface area contributed by atoms with Crippen molar-refractivity contribution in [1.29, 1.82) is 0 Å². The van der Waals surface area contributed by atoms with Crippen LogP contribution in [0.4, 0.5) is 11.4 Å². The molecule has 6 nitrogen and oxygen atoms in total. The number of halogens is 1. The van der Waals surface area contributed by atoms with Crippen molar-refractivity contribution in [1.82, 2.24) is 0 Å². The molecule has 2 aromatic carbocycles. The number of anilines is 1. The number of carbonyl (C=O) groups excluding carboxylic acids is 1. The normalized spacial score (nSPS) is 10.0. The summed E-state index contributed by atoms with van der Waals surface area (Å²) in [6, 6.07) is 11.1. The van der Waals surface area contributed by atoms with Crippen LogP contribution in [-0.2, 0) is 4.79 Å². The minimum Gasteiger partial charge on any atom is -0.457 e. The topological polar surface area (TPSA) is 81.5 Å². The number of nitro benzene ring substituents is 1. The Labute approximate surface area is 129 Å². The fourth-order valence-electron chi connectivity index (χ4n) is 1.66. The molecule has 0 aliphatic heterocycles. The third kappa shape index (κ3) is 4.28. The molecule has 0 aliphatic rings. The summed E-state index contributed by atoms with van der Waals surface area (Å²) in [5.74, 6) is 0.493. The number of ether oxygens (including phenoxy) is 1. The van der Waals surface area contributed by atoms with Crippen LogP contribution < -0.4 is 10.1 Å². The molecule has 0 saturated carbocycles. The summed E-state index contributed by atoms with van der Waals surface area (Å²) in [4.78, 5) is 21.5. The first kappa shape index (κ1) is 15.0. The van der Waals surface area contributed by atoms with Crippen LogP contribution in [0.2, 0.25) is 0 Å². The summed E-state index contributed by atoms with van der Waals surface area (Å²) in [6.45, 7) is 1.33. The number of non-ortho nitro benzene ring substituents is 1. The van der Waals surface area contributed by atoms with E-state index in [2.05, 4.69) is 21.2 Å². The molecule has 0 bridgehead atoms. The second-order valence-corrected chi connectivity index (χ2v) is 5.13. The Hall–Kier alpha value is -2.41. The van der Waals surface area contributed by atoms with Gasteiger partial charge < -0.3 is 10.1 Å². The molecule has 0 heterocycles. The predicted octanol–water partition coefficient (Wildman–Crippen LogP) is 4.11. The van der Waals surface area contributed by atoms with Crippen molar-refractivity contribution in [2.75, 3.05) is 5.32 Å². The van der Waals surface area contributed by atoms with Crippen molar-refractivity contribution in [2.24, 2.45) is 0 Å².